The Kier molecular flexibility index (Phi) is 4.39. The van der Waals surface area contributed by atoms with Gasteiger partial charge in [-0.3, -0.25) is 9.10 Å². The number of aromatic amines is 1. The van der Waals surface area contributed by atoms with E-state index < -0.39 is 15.6 Å². The summed E-state index contributed by atoms with van der Waals surface area (Å²) in [6, 6.07) is 8.38. The van der Waals surface area contributed by atoms with Crippen LogP contribution in [0.2, 0.25) is 5.02 Å². The van der Waals surface area contributed by atoms with Crippen LogP contribution in [0, 0.1) is 0 Å². The van der Waals surface area contributed by atoms with E-state index >= 15 is 0 Å². The number of anilines is 1. The summed E-state index contributed by atoms with van der Waals surface area (Å²) in [4.78, 5) is 13.5. The van der Waals surface area contributed by atoms with Gasteiger partial charge in [0.05, 0.1) is 5.69 Å². The summed E-state index contributed by atoms with van der Waals surface area (Å²) >= 11 is 5.68. The summed E-state index contributed by atoms with van der Waals surface area (Å²) in [5.74, 6) is 0. The zero-order valence-electron chi connectivity index (χ0n) is 11.6. The molecule has 0 aliphatic carbocycles. The molecule has 7 heteroatoms. The second-order valence-electron chi connectivity index (χ2n) is 4.50. The number of nitrogens with zero attached hydrogens (tertiary/aromatic N) is 1. The van der Waals surface area contributed by atoms with Gasteiger partial charge in [-0.1, -0.05) is 30.7 Å². The lowest BCUT2D eigenvalue weighted by Gasteiger charge is -2.19. The molecule has 0 aliphatic rings. The molecule has 1 aromatic carbocycles. The lowest BCUT2D eigenvalue weighted by molar-refractivity contribution is 0.594. The van der Waals surface area contributed by atoms with Crippen LogP contribution in [0.5, 0.6) is 0 Å². The van der Waals surface area contributed by atoms with E-state index in [0.717, 1.165) is 28.6 Å². The standard InChI is InChI=1S/C14H15ClN2O3S/c1-3-10-4-6-11(7-5-10)17(2)21(19,20)12-8-13(15)14(18)16-9-12/h4-9H,3H2,1-2H3,(H,16,18). The average Bonchev–Trinajstić information content (AvgIpc) is 2.49. The van der Waals surface area contributed by atoms with E-state index in [9.17, 15) is 13.2 Å². The summed E-state index contributed by atoms with van der Waals surface area (Å²) in [7, 11) is -2.32. The normalized spacial score (nSPS) is 11.4. The Labute approximate surface area is 128 Å². The van der Waals surface area contributed by atoms with Gasteiger partial charge >= 0.3 is 0 Å². The zero-order valence-corrected chi connectivity index (χ0v) is 13.2. The molecular formula is C14H15ClN2O3S. The maximum atomic E-state index is 12.5. The van der Waals surface area contributed by atoms with Gasteiger partial charge in [-0.15, -0.1) is 0 Å². The molecule has 0 amide bonds. The number of H-pyrrole nitrogens is 1. The van der Waals surface area contributed by atoms with Crippen LogP contribution in [-0.2, 0) is 16.4 Å². The van der Waals surface area contributed by atoms with Crippen molar-refractivity contribution < 1.29 is 8.42 Å². The third-order valence-corrected chi connectivity index (χ3v) is 5.24. The lowest BCUT2D eigenvalue weighted by Crippen LogP contribution is -2.27. The van der Waals surface area contributed by atoms with E-state index in [4.69, 9.17) is 11.6 Å². The van der Waals surface area contributed by atoms with Crippen LogP contribution in [0.3, 0.4) is 0 Å². The first-order valence-corrected chi connectivity index (χ1v) is 8.14. The van der Waals surface area contributed by atoms with Crippen molar-refractivity contribution in [2.45, 2.75) is 18.2 Å². The molecule has 2 rings (SSSR count). The molecular weight excluding hydrogens is 312 g/mol. The van der Waals surface area contributed by atoms with Crippen LogP contribution in [0.25, 0.3) is 0 Å². The van der Waals surface area contributed by atoms with Gasteiger partial charge in [0.2, 0.25) is 0 Å². The molecule has 5 nitrogen and oxygen atoms in total. The second kappa shape index (κ2) is 5.91. The SMILES string of the molecule is CCc1ccc(N(C)S(=O)(=O)c2c[nH]c(=O)c(Cl)c2)cc1. The van der Waals surface area contributed by atoms with Crippen LogP contribution >= 0.6 is 11.6 Å². The molecule has 0 saturated carbocycles. The monoisotopic (exact) mass is 326 g/mol. The molecule has 1 aromatic heterocycles. The predicted molar refractivity (Wildman–Crippen MR) is 83.5 cm³/mol. The van der Waals surface area contributed by atoms with Crippen molar-refractivity contribution in [3.8, 4) is 0 Å². The van der Waals surface area contributed by atoms with E-state index in [1.807, 2.05) is 19.1 Å². The number of aryl methyl sites for hydroxylation is 1. The first kappa shape index (κ1) is 15.6. The highest BCUT2D eigenvalue weighted by Gasteiger charge is 2.22. The number of hydrogen-bond acceptors (Lipinski definition) is 3. The number of pyridine rings is 1. The van der Waals surface area contributed by atoms with Crippen LogP contribution in [0.1, 0.15) is 12.5 Å². The maximum absolute atomic E-state index is 12.5. The van der Waals surface area contributed by atoms with Crippen molar-refractivity contribution in [1.29, 1.82) is 0 Å². The minimum atomic E-state index is -3.77. The highest BCUT2D eigenvalue weighted by molar-refractivity contribution is 7.92. The van der Waals surface area contributed by atoms with Gasteiger partial charge in [0.25, 0.3) is 15.6 Å². The van der Waals surface area contributed by atoms with Gasteiger partial charge in [0, 0.05) is 13.2 Å². The fraction of sp³-hybridized carbons (Fsp3) is 0.214. The number of hydrogen-bond donors (Lipinski definition) is 1. The average molecular weight is 327 g/mol. The molecule has 112 valence electrons. The van der Waals surface area contributed by atoms with E-state index in [2.05, 4.69) is 4.98 Å². The molecule has 1 heterocycles. The molecule has 0 fully saturated rings. The molecule has 1 N–H and O–H groups in total. The predicted octanol–water partition coefficient (Wildman–Crippen LogP) is 2.42. The van der Waals surface area contributed by atoms with Crippen molar-refractivity contribution >= 4 is 27.3 Å². The van der Waals surface area contributed by atoms with Crippen LogP contribution in [0.4, 0.5) is 5.69 Å². The van der Waals surface area contributed by atoms with Gasteiger partial charge in [-0.2, -0.15) is 0 Å². The quantitative estimate of drug-likeness (QED) is 0.938. The fourth-order valence-electron chi connectivity index (χ4n) is 1.83. The third-order valence-electron chi connectivity index (χ3n) is 3.20. The first-order chi connectivity index (χ1) is 9.86. The maximum Gasteiger partial charge on any atom is 0.266 e. The highest BCUT2D eigenvalue weighted by atomic mass is 35.5. The van der Waals surface area contributed by atoms with Crippen molar-refractivity contribution in [1.82, 2.24) is 4.98 Å². The van der Waals surface area contributed by atoms with Crippen molar-refractivity contribution in [2.75, 3.05) is 11.4 Å². The fourth-order valence-corrected chi connectivity index (χ4v) is 3.25. The van der Waals surface area contributed by atoms with Gasteiger partial charge in [-0.05, 0) is 30.2 Å². The van der Waals surface area contributed by atoms with Gasteiger partial charge in [0.15, 0.2) is 0 Å². The van der Waals surface area contributed by atoms with Gasteiger partial charge in [-0.25, -0.2) is 8.42 Å². The Hall–Kier alpha value is -1.79. The summed E-state index contributed by atoms with van der Waals surface area (Å²) in [5.41, 5.74) is 1.14. The van der Waals surface area contributed by atoms with Crippen molar-refractivity contribution in [2.24, 2.45) is 0 Å². The molecule has 0 atom stereocenters. The summed E-state index contributed by atoms with van der Waals surface area (Å²) < 4.78 is 26.1. The number of aromatic nitrogens is 1. The topological polar surface area (TPSA) is 70.2 Å². The third kappa shape index (κ3) is 3.11. The number of nitrogens with one attached hydrogen (secondary N) is 1. The number of rotatable bonds is 4. The zero-order chi connectivity index (χ0) is 15.6. The van der Waals surface area contributed by atoms with E-state index in [1.54, 1.807) is 12.1 Å². The van der Waals surface area contributed by atoms with E-state index in [0.29, 0.717) is 5.69 Å². The molecule has 0 unspecified atom stereocenters. The van der Waals surface area contributed by atoms with E-state index in [1.165, 1.54) is 7.05 Å². The number of sulfonamides is 1. The number of benzene rings is 1. The van der Waals surface area contributed by atoms with Crippen LogP contribution in [-0.4, -0.2) is 20.4 Å². The van der Waals surface area contributed by atoms with E-state index in [-0.39, 0.29) is 9.92 Å². The lowest BCUT2D eigenvalue weighted by atomic mass is 10.1. The minimum absolute atomic E-state index is 0.0610. The number of halogens is 1. The Morgan fingerprint density at radius 2 is 1.86 bits per heavy atom. The molecule has 0 bridgehead atoms. The van der Waals surface area contributed by atoms with Crippen LogP contribution in [0.15, 0.2) is 46.2 Å². The van der Waals surface area contributed by atoms with Crippen LogP contribution < -0.4 is 9.86 Å². The summed E-state index contributed by atoms with van der Waals surface area (Å²) in [5, 5.41) is -0.161. The molecule has 0 spiro atoms. The Morgan fingerprint density at radius 3 is 2.38 bits per heavy atom. The molecule has 2 aromatic rings. The highest BCUT2D eigenvalue weighted by Crippen LogP contribution is 2.22. The molecule has 0 aliphatic heterocycles. The molecule has 0 saturated heterocycles. The first-order valence-electron chi connectivity index (χ1n) is 6.32. The van der Waals surface area contributed by atoms with Crippen molar-refractivity contribution in [3.63, 3.8) is 0 Å². The Balaban J connectivity index is 2.41. The summed E-state index contributed by atoms with van der Waals surface area (Å²) in [6.45, 7) is 2.03. The molecule has 0 radical (unpaired) electrons. The summed E-state index contributed by atoms with van der Waals surface area (Å²) in [6.07, 6.45) is 2.02. The Morgan fingerprint density at radius 1 is 1.24 bits per heavy atom. The Bertz CT molecular complexity index is 798. The molecule has 21 heavy (non-hydrogen) atoms. The minimum Gasteiger partial charge on any atom is -0.326 e. The largest absolute Gasteiger partial charge is 0.326 e. The smallest absolute Gasteiger partial charge is 0.266 e. The van der Waals surface area contributed by atoms with Gasteiger partial charge in [0.1, 0.15) is 9.92 Å². The van der Waals surface area contributed by atoms with Crippen molar-refractivity contribution in [3.05, 3.63) is 57.5 Å². The second-order valence-corrected chi connectivity index (χ2v) is 6.88. The van der Waals surface area contributed by atoms with Gasteiger partial charge < -0.3 is 4.98 Å².